The van der Waals surface area contributed by atoms with Gasteiger partial charge in [-0.15, -0.1) is 0 Å². The molecule has 1 aromatic heterocycles. The van der Waals surface area contributed by atoms with Gasteiger partial charge in [-0.1, -0.05) is 26.0 Å². The van der Waals surface area contributed by atoms with Crippen molar-refractivity contribution in [1.29, 1.82) is 0 Å². The highest BCUT2D eigenvalue weighted by Gasteiger charge is 2.38. The van der Waals surface area contributed by atoms with Crippen molar-refractivity contribution in [2.75, 3.05) is 52.5 Å². The maximum absolute atomic E-state index is 14.4. The smallest absolute Gasteiger partial charge is 0.257 e. The fourth-order valence-electron chi connectivity index (χ4n) is 5.46. The molecule has 1 N–H and O–H groups in total. The highest BCUT2D eigenvalue weighted by molar-refractivity contribution is 5.96. The Labute approximate surface area is 233 Å². The van der Waals surface area contributed by atoms with Crippen LogP contribution in [0.5, 0.6) is 5.88 Å². The highest BCUT2D eigenvalue weighted by Crippen LogP contribution is 2.22. The summed E-state index contributed by atoms with van der Waals surface area (Å²) in [5.74, 6) is -0.895. The number of halogens is 1. The third-order valence-corrected chi connectivity index (χ3v) is 7.72. The molecule has 10 nitrogen and oxygen atoms in total. The molecule has 3 aliphatic rings. The van der Waals surface area contributed by atoms with Crippen LogP contribution in [-0.4, -0.2) is 108 Å². The number of amides is 3. The molecule has 0 radical (unpaired) electrons. The van der Waals surface area contributed by atoms with E-state index in [9.17, 15) is 18.8 Å². The van der Waals surface area contributed by atoms with Crippen LogP contribution in [0.3, 0.4) is 0 Å². The van der Waals surface area contributed by atoms with Crippen molar-refractivity contribution in [3.05, 3.63) is 59.5 Å². The predicted octanol–water partition coefficient (Wildman–Crippen LogP) is 1.81. The maximum atomic E-state index is 14.4. The van der Waals surface area contributed by atoms with E-state index in [1.807, 2.05) is 0 Å². The lowest BCUT2D eigenvalue weighted by Crippen LogP contribution is -2.59. The molecular weight excluding hydrogens is 517 g/mol. The van der Waals surface area contributed by atoms with E-state index in [0.717, 1.165) is 13.0 Å². The number of benzene rings is 1. The Morgan fingerprint density at radius 1 is 1.12 bits per heavy atom. The quantitative estimate of drug-likeness (QED) is 0.616. The van der Waals surface area contributed by atoms with Crippen LogP contribution in [0.4, 0.5) is 4.39 Å². The second-order valence-electron chi connectivity index (χ2n) is 11.0. The van der Waals surface area contributed by atoms with Gasteiger partial charge in [-0.3, -0.25) is 19.3 Å². The molecule has 5 rings (SSSR count). The van der Waals surface area contributed by atoms with Gasteiger partial charge in [0.2, 0.25) is 11.8 Å². The van der Waals surface area contributed by atoms with Crippen LogP contribution < -0.4 is 10.1 Å². The first-order valence-corrected chi connectivity index (χ1v) is 13.9. The number of nitrogens with zero attached hydrogens (tertiary/aromatic N) is 4. The summed E-state index contributed by atoms with van der Waals surface area (Å²) in [4.78, 5) is 49.6. The molecule has 2 saturated heterocycles. The van der Waals surface area contributed by atoms with Crippen LogP contribution in [0, 0.1) is 11.7 Å². The third-order valence-electron chi connectivity index (χ3n) is 7.72. The van der Waals surface area contributed by atoms with Gasteiger partial charge in [0.15, 0.2) is 0 Å². The van der Waals surface area contributed by atoms with Gasteiger partial charge in [0.05, 0.1) is 23.8 Å². The van der Waals surface area contributed by atoms with Gasteiger partial charge in [-0.05, 0) is 43.1 Å². The Kier molecular flexibility index (Phi) is 8.60. The second-order valence-corrected chi connectivity index (χ2v) is 11.0. The van der Waals surface area contributed by atoms with E-state index in [2.05, 4.69) is 29.0 Å². The van der Waals surface area contributed by atoms with Gasteiger partial charge in [0.25, 0.3) is 11.8 Å². The van der Waals surface area contributed by atoms with Crippen molar-refractivity contribution in [2.24, 2.45) is 5.92 Å². The van der Waals surface area contributed by atoms with E-state index >= 15 is 0 Å². The lowest BCUT2D eigenvalue weighted by Gasteiger charge is -2.41. The minimum atomic E-state index is -0.594. The lowest BCUT2D eigenvalue weighted by atomic mass is 10.1. The van der Waals surface area contributed by atoms with Gasteiger partial charge in [0, 0.05) is 38.9 Å². The van der Waals surface area contributed by atoms with Crippen molar-refractivity contribution in [2.45, 2.75) is 38.5 Å². The molecule has 3 amide bonds. The number of likely N-dealkylation sites (tertiary alicyclic amines) is 1. The number of carbonyl (C=O) groups is 3. The molecule has 0 spiro atoms. The highest BCUT2D eigenvalue weighted by atomic mass is 19.1. The fourth-order valence-corrected chi connectivity index (χ4v) is 5.46. The number of fused-ring (bicyclic) bond motifs is 3. The van der Waals surface area contributed by atoms with E-state index in [4.69, 9.17) is 9.47 Å². The van der Waals surface area contributed by atoms with Crippen molar-refractivity contribution in [1.82, 2.24) is 25.0 Å². The number of nitrogens with one attached hydrogen (secondary N) is 1. The molecule has 0 saturated carbocycles. The standard InChI is InChI=1S/C29H36FN5O5/c1-19(2)9-11-33-15-24-25(16-33)39-18-26(36)35-13-12-34(29(38)21-6-3-4-8-23(21)30)14-20(35)17-40-28-22(27(37)32-24)7-5-10-31-28/h3-8,10,19-20,24-25H,9,11-18H2,1-2H3,(H,32,37)/t20-,24+,25-/m0/s1. The number of piperazine rings is 1. The molecule has 214 valence electrons. The van der Waals surface area contributed by atoms with Crippen LogP contribution in [0.2, 0.25) is 0 Å². The number of rotatable bonds is 4. The minimum absolute atomic E-state index is 0.0000771. The van der Waals surface area contributed by atoms with Crippen molar-refractivity contribution in [3.63, 3.8) is 0 Å². The van der Waals surface area contributed by atoms with Crippen molar-refractivity contribution in [3.8, 4) is 5.88 Å². The first kappa shape index (κ1) is 28.0. The summed E-state index contributed by atoms with van der Waals surface area (Å²) in [5, 5.41) is 3.08. The zero-order valence-corrected chi connectivity index (χ0v) is 22.9. The molecule has 0 bridgehead atoms. The van der Waals surface area contributed by atoms with Gasteiger partial charge < -0.3 is 24.6 Å². The molecule has 4 heterocycles. The minimum Gasteiger partial charge on any atom is -0.475 e. The number of carbonyl (C=O) groups excluding carboxylic acids is 3. The van der Waals surface area contributed by atoms with E-state index in [-0.39, 0.29) is 73.8 Å². The monoisotopic (exact) mass is 553 g/mol. The molecule has 3 aliphatic heterocycles. The van der Waals surface area contributed by atoms with Crippen LogP contribution in [-0.2, 0) is 9.53 Å². The van der Waals surface area contributed by atoms with Gasteiger partial charge in [-0.25, -0.2) is 9.37 Å². The Morgan fingerprint density at radius 2 is 1.95 bits per heavy atom. The molecule has 0 unspecified atom stereocenters. The fraction of sp³-hybridized carbons (Fsp3) is 0.517. The average molecular weight is 554 g/mol. The molecule has 11 heteroatoms. The molecule has 40 heavy (non-hydrogen) atoms. The molecule has 3 atom stereocenters. The van der Waals surface area contributed by atoms with Crippen LogP contribution >= 0.6 is 0 Å². The van der Waals surface area contributed by atoms with Crippen molar-refractivity contribution < 1.29 is 28.2 Å². The molecule has 1 aromatic carbocycles. The summed E-state index contributed by atoms with van der Waals surface area (Å²) < 4.78 is 26.5. The lowest BCUT2D eigenvalue weighted by molar-refractivity contribution is -0.143. The zero-order valence-electron chi connectivity index (χ0n) is 22.9. The Hall–Kier alpha value is -3.57. The summed E-state index contributed by atoms with van der Waals surface area (Å²) in [7, 11) is 0. The number of pyridine rings is 1. The molecule has 2 fully saturated rings. The maximum Gasteiger partial charge on any atom is 0.257 e. The number of ether oxygens (including phenoxy) is 2. The van der Waals surface area contributed by atoms with E-state index in [0.29, 0.717) is 19.0 Å². The summed E-state index contributed by atoms with van der Waals surface area (Å²) in [5.41, 5.74) is 0.267. The topological polar surface area (TPSA) is 104 Å². The van der Waals surface area contributed by atoms with Crippen LogP contribution in [0.15, 0.2) is 42.6 Å². The SMILES string of the molecule is CC(C)CCN1C[C@@H]2OCC(=O)N3CCN(C(=O)c4ccccc4F)C[C@H]3COc3ncccc3C(=O)N[C@@H]2C1. The van der Waals surface area contributed by atoms with Gasteiger partial charge >= 0.3 is 0 Å². The van der Waals surface area contributed by atoms with Crippen LogP contribution in [0.25, 0.3) is 0 Å². The summed E-state index contributed by atoms with van der Waals surface area (Å²) in [6.07, 6.45) is 2.20. The van der Waals surface area contributed by atoms with E-state index < -0.39 is 17.8 Å². The van der Waals surface area contributed by atoms with E-state index in [1.54, 1.807) is 23.1 Å². The summed E-state index contributed by atoms with van der Waals surface area (Å²) in [6, 6.07) is 8.33. The van der Waals surface area contributed by atoms with Gasteiger partial charge in [0.1, 0.15) is 24.6 Å². The van der Waals surface area contributed by atoms with Crippen LogP contribution in [0.1, 0.15) is 41.0 Å². The van der Waals surface area contributed by atoms with E-state index in [1.165, 1.54) is 29.3 Å². The number of hydrogen-bond acceptors (Lipinski definition) is 7. The Bertz CT molecular complexity index is 1240. The van der Waals surface area contributed by atoms with Crippen molar-refractivity contribution >= 4 is 17.7 Å². The number of hydrogen-bond donors (Lipinski definition) is 1. The largest absolute Gasteiger partial charge is 0.475 e. The number of aromatic nitrogens is 1. The molecule has 2 aromatic rings. The Balaban J connectivity index is 1.38. The Morgan fingerprint density at radius 3 is 2.75 bits per heavy atom. The summed E-state index contributed by atoms with van der Waals surface area (Å²) in [6.45, 7) is 6.92. The third kappa shape index (κ3) is 6.26. The van der Waals surface area contributed by atoms with Gasteiger partial charge in [-0.2, -0.15) is 0 Å². The molecule has 0 aliphatic carbocycles. The first-order valence-electron chi connectivity index (χ1n) is 13.9. The second kappa shape index (κ2) is 12.3. The average Bonchev–Trinajstić information content (AvgIpc) is 3.34. The predicted molar refractivity (Wildman–Crippen MR) is 144 cm³/mol. The summed E-state index contributed by atoms with van der Waals surface area (Å²) >= 11 is 0. The normalized spacial score (nSPS) is 24.1. The molecular formula is C29H36FN5O5. The zero-order chi connectivity index (χ0) is 28.2. The first-order chi connectivity index (χ1) is 19.3.